The summed E-state index contributed by atoms with van der Waals surface area (Å²) in [5.41, 5.74) is 2.53. The van der Waals surface area contributed by atoms with Crippen molar-refractivity contribution in [3.63, 3.8) is 0 Å². The maximum atomic E-state index is 12.5. The number of nitro groups is 1. The van der Waals surface area contributed by atoms with Crippen LogP contribution in [0.25, 0.3) is 12.2 Å². The van der Waals surface area contributed by atoms with E-state index in [4.69, 9.17) is 0 Å². The van der Waals surface area contributed by atoms with Gasteiger partial charge in [0.2, 0.25) is 0 Å². The van der Waals surface area contributed by atoms with Crippen molar-refractivity contribution in [2.75, 3.05) is 4.90 Å². The fourth-order valence-electron chi connectivity index (χ4n) is 2.66. The molecule has 0 saturated heterocycles. The molecule has 22 heavy (non-hydrogen) atoms. The second-order valence-electron chi connectivity index (χ2n) is 5.08. The SMILES string of the molecule is O=C1c2ccc([N+](=O)[O-])cc2C(=O)N1c1ccc2c(c1)C=C2. The Labute approximate surface area is 124 Å². The number of anilines is 1. The molecule has 0 bridgehead atoms. The zero-order valence-corrected chi connectivity index (χ0v) is 11.1. The minimum absolute atomic E-state index is 0.0671. The maximum absolute atomic E-state index is 12.5. The quantitative estimate of drug-likeness (QED) is 0.413. The molecule has 2 amide bonds. The van der Waals surface area contributed by atoms with Crippen LogP contribution in [0.3, 0.4) is 0 Å². The smallest absolute Gasteiger partial charge is 0.268 e. The monoisotopic (exact) mass is 292 g/mol. The van der Waals surface area contributed by atoms with Gasteiger partial charge in [-0.3, -0.25) is 19.7 Å². The highest BCUT2D eigenvalue weighted by Crippen LogP contribution is 2.34. The number of benzene rings is 2. The molecule has 2 aromatic rings. The van der Waals surface area contributed by atoms with E-state index in [1.165, 1.54) is 12.1 Å². The summed E-state index contributed by atoms with van der Waals surface area (Å²) in [7, 11) is 0. The third kappa shape index (κ3) is 1.54. The molecule has 2 aromatic carbocycles. The first-order chi connectivity index (χ1) is 10.6. The average molecular weight is 292 g/mol. The van der Waals surface area contributed by atoms with E-state index in [1.54, 1.807) is 12.1 Å². The van der Waals surface area contributed by atoms with Crippen molar-refractivity contribution in [3.8, 4) is 0 Å². The molecule has 6 nitrogen and oxygen atoms in total. The summed E-state index contributed by atoms with van der Waals surface area (Å²) in [6.45, 7) is 0. The standard InChI is InChI=1S/C16H8N2O4/c19-15-13-6-5-12(18(21)22)8-14(13)16(20)17(15)11-4-3-9-1-2-10(9)7-11/h1-8H. The van der Waals surface area contributed by atoms with Gasteiger partial charge in [0.1, 0.15) is 0 Å². The Kier molecular flexibility index (Phi) is 2.33. The van der Waals surface area contributed by atoms with Crippen LogP contribution in [-0.4, -0.2) is 16.7 Å². The Morgan fingerprint density at radius 2 is 1.59 bits per heavy atom. The predicted molar refractivity (Wildman–Crippen MR) is 79.6 cm³/mol. The van der Waals surface area contributed by atoms with Crippen LogP contribution >= 0.6 is 0 Å². The first kappa shape index (κ1) is 12.5. The summed E-state index contributed by atoms with van der Waals surface area (Å²) in [5.74, 6) is -0.995. The predicted octanol–water partition coefficient (Wildman–Crippen LogP) is 2.88. The van der Waals surface area contributed by atoms with Gasteiger partial charge < -0.3 is 0 Å². The van der Waals surface area contributed by atoms with Crippen LogP contribution in [0.2, 0.25) is 0 Å². The number of nitrogens with zero attached hydrogens (tertiary/aromatic N) is 2. The maximum Gasteiger partial charge on any atom is 0.270 e. The van der Waals surface area contributed by atoms with Gasteiger partial charge in [0.25, 0.3) is 17.5 Å². The first-order valence-corrected chi connectivity index (χ1v) is 6.55. The summed E-state index contributed by atoms with van der Waals surface area (Å²) in [6, 6.07) is 8.99. The number of hydrogen-bond donors (Lipinski definition) is 0. The van der Waals surface area contributed by atoms with E-state index < -0.39 is 16.7 Å². The Hall–Kier alpha value is -3.28. The molecular formula is C16H8N2O4. The lowest BCUT2D eigenvalue weighted by Gasteiger charge is -2.17. The van der Waals surface area contributed by atoms with E-state index in [9.17, 15) is 19.7 Å². The van der Waals surface area contributed by atoms with E-state index >= 15 is 0 Å². The first-order valence-electron chi connectivity index (χ1n) is 6.55. The highest BCUT2D eigenvalue weighted by molar-refractivity contribution is 6.34. The zero-order chi connectivity index (χ0) is 15.4. The third-order valence-electron chi connectivity index (χ3n) is 3.85. The van der Waals surface area contributed by atoms with Crippen LogP contribution in [0.5, 0.6) is 0 Å². The van der Waals surface area contributed by atoms with Gasteiger partial charge >= 0.3 is 0 Å². The second-order valence-corrected chi connectivity index (χ2v) is 5.08. The molecule has 2 aliphatic rings. The van der Waals surface area contributed by atoms with Crippen LogP contribution in [0, 0.1) is 10.1 Å². The molecule has 0 fully saturated rings. The van der Waals surface area contributed by atoms with E-state index in [2.05, 4.69) is 0 Å². The number of hydrogen-bond acceptors (Lipinski definition) is 4. The summed E-state index contributed by atoms with van der Waals surface area (Å²) >= 11 is 0. The molecule has 106 valence electrons. The molecule has 0 saturated carbocycles. The van der Waals surface area contributed by atoms with Crippen molar-refractivity contribution in [2.24, 2.45) is 0 Å². The Bertz CT molecular complexity index is 914. The van der Waals surface area contributed by atoms with Crippen LogP contribution in [0.4, 0.5) is 11.4 Å². The van der Waals surface area contributed by atoms with Crippen molar-refractivity contribution in [1.82, 2.24) is 0 Å². The van der Waals surface area contributed by atoms with Gasteiger partial charge in [-0.25, -0.2) is 4.90 Å². The van der Waals surface area contributed by atoms with E-state index in [0.717, 1.165) is 22.1 Å². The lowest BCUT2D eigenvalue weighted by Crippen LogP contribution is -2.29. The molecule has 1 heterocycles. The molecule has 0 unspecified atom stereocenters. The number of fused-ring (bicyclic) bond motifs is 2. The lowest BCUT2D eigenvalue weighted by molar-refractivity contribution is -0.384. The van der Waals surface area contributed by atoms with Crippen LogP contribution in [0.1, 0.15) is 31.8 Å². The number of carbonyl (C=O) groups excluding carboxylic acids is 2. The van der Waals surface area contributed by atoms with Crippen molar-refractivity contribution in [2.45, 2.75) is 0 Å². The van der Waals surface area contributed by atoms with Crippen molar-refractivity contribution in [1.29, 1.82) is 0 Å². The molecule has 0 N–H and O–H groups in total. The lowest BCUT2D eigenvalue weighted by atomic mass is 9.97. The van der Waals surface area contributed by atoms with Gasteiger partial charge in [-0.15, -0.1) is 0 Å². The van der Waals surface area contributed by atoms with Gasteiger partial charge in [-0.2, -0.15) is 0 Å². The largest absolute Gasteiger partial charge is 0.270 e. The summed E-state index contributed by atoms with van der Waals surface area (Å²) in [5, 5.41) is 10.8. The Balaban J connectivity index is 1.80. The number of amides is 2. The minimum Gasteiger partial charge on any atom is -0.268 e. The van der Waals surface area contributed by atoms with Crippen LogP contribution in [-0.2, 0) is 0 Å². The summed E-state index contributed by atoms with van der Waals surface area (Å²) in [6.07, 6.45) is 3.83. The molecule has 0 radical (unpaired) electrons. The minimum atomic E-state index is -0.587. The van der Waals surface area contributed by atoms with Crippen molar-refractivity contribution >= 4 is 35.3 Å². The van der Waals surface area contributed by atoms with Gasteiger partial charge in [-0.1, -0.05) is 18.2 Å². The van der Waals surface area contributed by atoms with Crippen molar-refractivity contribution in [3.05, 3.63) is 68.8 Å². The molecule has 6 heteroatoms. The molecule has 0 spiro atoms. The van der Waals surface area contributed by atoms with Gasteiger partial charge in [0, 0.05) is 12.1 Å². The molecular weight excluding hydrogens is 284 g/mol. The van der Waals surface area contributed by atoms with Gasteiger partial charge in [0.15, 0.2) is 0 Å². The highest BCUT2D eigenvalue weighted by atomic mass is 16.6. The summed E-state index contributed by atoms with van der Waals surface area (Å²) in [4.78, 5) is 36.2. The van der Waals surface area contributed by atoms with E-state index in [0.29, 0.717) is 5.69 Å². The molecule has 4 rings (SSSR count). The normalized spacial score (nSPS) is 14.6. The number of carbonyl (C=O) groups is 2. The van der Waals surface area contributed by atoms with Gasteiger partial charge in [0.05, 0.1) is 21.7 Å². The van der Waals surface area contributed by atoms with Crippen LogP contribution < -0.4 is 4.90 Å². The molecule has 0 atom stereocenters. The number of rotatable bonds is 2. The topological polar surface area (TPSA) is 80.5 Å². The Morgan fingerprint density at radius 3 is 2.23 bits per heavy atom. The fraction of sp³-hybridized carbons (Fsp3) is 0. The van der Waals surface area contributed by atoms with E-state index in [1.807, 2.05) is 18.2 Å². The number of imide groups is 1. The molecule has 0 aromatic heterocycles. The number of nitro benzene ring substituents is 1. The molecule has 1 aliphatic heterocycles. The van der Waals surface area contributed by atoms with Crippen LogP contribution in [0.15, 0.2) is 36.4 Å². The van der Waals surface area contributed by atoms with Crippen molar-refractivity contribution < 1.29 is 14.5 Å². The molecule has 1 aliphatic carbocycles. The Morgan fingerprint density at radius 1 is 0.864 bits per heavy atom. The summed E-state index contributed by atoms with van der Waals surface area (Å²) < 4.78 is 0. The van der Waals surface area contributed by atoms with Gasteiger partial charge in [-0.05, 0) is 29.3 Å². The fourth-order valence-corrected chi connectivity index (χ4v) is 2.66. The zero-order valence-electron chi connectivity index (χ0n) is 11.1. The van der Waals surface area contributed by atoms with E-state index in [-0.39, 0.29) is 16.8 Å². The highest BCUT2D eigenvalue weighted by Gasteiger charge is 2.38. The third-order valence-corrected chi connectivity index (χ3v) is 3.85. The average Bonchev–Trinajstić information content (AvgIpc) is 2.72. The number of non-ortho nitro benzene ring substituents is 1. The second kappa shape index (κ2) is 4.11.